The molecule has 0 aliphatic carbocycles. The molecule has 0 saturated heterocycles. The van der Waals surface area contributed by atoms with Crippen LogP contribution in [0.2, 0.25) is 0 Å². The van der Waals surface area contributed by atoms with Gasteiger partial charge in [-0.3, -0.25) is 0 Å². The van der Waals surface area contributed by atoms with Crippen molar-refractivity contribution >= 4 is 11.4 Å². The van der Waals surface area contributed by atoms with E-state index in [0.29, 0.717) is 11.4 Å². The third-order valence-electron chi connectivity index (χ3n) is 2.26. The Morgan fingerprint density at radius 1 is 1.18 bits per heavy atom. The van der Waals surface area contributed by atoms with Gasteiger partial charge in [0.1, 0.15) is 0 Å². The van der Waals surface area contributed by atoms with Crippen LogP contribution in [0.4, 0.5) is 11.4 Å². The summed E-state index contributed by atoms with van der Waals surface area (Å²) in [6.07, 6.45) is 3.24. The summed E-state index contributed by atoms with van der Waals surface area (Å²) >= 11 is 0. The molecule has 0 atom stereocenters. The first kappa shape index (κ1) is 11.2. The summed E-state index contributed by atoms with van der Waals surface area (Å²) in [5.41, 5.74) is 7.40. The highest BCUT2D eigenvalue weighted by Gasteiger charge is 2.06. The standard InChI is InChI=1S/C12H14N4O/c1-16(2)9-4-5-10(13)11(8-9)17-12-14-6-3-7-15-12/h3-8H,13H2,1-2H3. The van der Waals surface area contributed by atoms with Crippen LogP contribution in [-0.4, -0.2) is 24.1 Å². The van der Waals surface area contributed by atoms with Gasteiger partial charge in [0.15, 0.2) is 5.75 Å². The van der Waals surface area contributed by atoms with Crippen molar-refractivity contribution in [3.05, 3.63) is 36.7 Å². The number of rotatable bonds is 3. The number of ether oxygens (including phenoxy) is 1. The zero-order valence-electron chi connectivity index (χ0n) is 9.79. The van der Waals surface area contributed by atoms with E-state index in [-0.39, 0.29) is 6.01 Å². The Morgan fingerprint density at radius 3 is 2.53 bits per heavy atom. The number of aromatic nitrogens is 2. The molecule has 0 unspecified atom stereocenters. The first-order valence-corrected chi connectivity index (χ1v) is 5.18. The summed E-state index contributed by atoms with van der Waals surface area (Å²) in [6, 6.07) is 7.59. The lowest BCUT2D eigenvalue weighted by molar-refractivity contribution is 0.444. The molecule has 1 heterocycles. The molecule has 0 saturated carbocycles. The SMILES string of the molecule is CN(C)c1ccc(N)c(Oc2ncccn2)c1. The first-order valence-electron chi connectivity index (χ1n) is 5.18. The van der Waals surface area contributed by atoms with Gasteiger partial charge in [-0.15, -0.1) is 0 Å². The van der Waals surface area contributed by atoms with Gasteiger partial charge >= 0.3 is 6.01 Å². The van der Waals surface area contributed by atoms with Crippen molar-refractivity contribution in [2.24, 2.45) is 0 Å². The summed E-state index contributed by atoms with van der Waals surface area (Å²) in [4.78, 5) is 9.94. The van der Waals surface area contributed by atoms with Crippen molar-refractivity contribution < 1.29 is 4.74 Å². The fourth-order valence-corrected chi connectivity index (χ4v) is 1.33. The lowest BCUT2D eigenvalue weighted by Crippen LogP contribution is -2.09. The largest absolute Gasteiger partial charge is 0.422 e. The van der Waals surface area contributed by atoms with Crippen LogP contribution in [0.3, 0.4) is 0 Å². The Hall–Kier alpha value is -2.30. The molecule has 0 fully saturated rings. The predicted molar refractivity (Wildman–Crippen MR) is 67.3 cm³/mol. The molecule has 88 valence electrons. The summed E-state index contributed by atoms with van der Waals surface area (Å²) < 4.78 is 5.53. The second-order valence-electron chi connectivity index (χ2n) is 3.75. The number of hydrogen-bond donors (Lipinski definition) is 1. The summed E-state index contributed by atoms with van der Waals surface area (Å²) in [5.74, 6) is 0.558. The smallest absolute Gasteiger partial charge is 0.321 e. The number of nitrogens with zero attached hydrogens (tertiary/aromatic N) is 3. The third-order valence-corrected chi connectivity index (χ3v) is 2.26. The monoisotopic (exact) mass is 230 g/mol. The zero-order valence-corrected chi connectivity index (χ0v) is 9.79. The Balaban J connectivity index is 2.29. The van der Waals surface area contributed by atoms with Gasteiger partial charge in [0.05, 0.1) is 5.69 Å². The molecule has 0 aliphatic heterocycles. The van der Waals surface area contributed by atoms with Gasteiger partial charge in [-0.2, -0.15) is 0 Å². The van der Waals surface area contributed by atoms with Gasteiger partial charge in [0.25, 0.3) is 0 Å². The van der Waals surface area contributed by atoms with Crippen molar-refractivity contribution in [2.45, 2.75) is 0 Å². The highest BCUT2D eigenvalue weighted by molar-refractivity contribution is 5.62. The minimum atomic E-state index is 0.287. The molecule has 2 aromatic rings. The third kappa shape index (κ3) is 2.63. The Morgan fingerprint density at radius 2 is 1.88 bits per heavy atom. The van der Waals surface area contributed by atoms with E-state index in [2.05, 4.69) is 9.97 Å². The van der Waals surface area contributed by atoms with E-state index in [4.69, 9.17) is 10.5 Å². The van der Waals surface area contributed by atoms with Gasteiger partial charge in [-0.05, 0) is 18.2 Å². The zero-order chi connectivity index (χ0) is 12.3. The lowest BCUT2D eigenvalue weighted by atomic mass is 10.2. The molecule has 2 rings (SSSR count). The fraction of sp³-hybridized carbons (Fsp3) is 0.167. The van der Waals surface area contributed by atoms with E-state index >= 15 is 0 Å². The van der Waals surface area contributed by atoms with Gasteiger partial charge in [-0.25, -0.2) is 9.97 Å². The van der Waals surface area contributed by atoms with Crippen LogP contribution in [0, 0.1) is 0 Å². The van der Waals surface area contributed by atoms with E-state index in [1.54, 1.807) is 24.5 Å². The minimum absolute atomic E-state index is 0.287. The van der Waals surface area contributed by atoms with Crippen LogP contribution < -0.4 is 15.4 Å². The van der Waals surface area contributed by atoms with E-state index in [1.165, 1.54) is 0 Å². The summed E-state index contributed by atoms with van der Waals surface area (Å²) in [7, 11) is 3.91. The first-order chi connectivity index (χ1) is 8.16. The second kappa shape index (κ2) is 4.69. The highest BCUT2D eigenvalue weighted by atomic mass is 16.5. The Kier molecular flexibility index (Phi) is 3.09. The molecule has 0 aliphatic rings. The van der Waals surface area contributed by atoms with Crippen LogP contribution in [0.25, 0.3) is 0 Å². The maximum absolute atomic E-state index is 5.84. The molecular weight excluding hydrogens is 216 g/mol. The molecule has 0 amide bonds. The molecule has 0 bridgehead atoms. The van der Waals surface area contributed by atoms with Crippen molar-refractivity contribution in [1.82, 2.24) is 9.97 Å². The molecule has 5 nitrogen and oxygen atoms in total. The number of nitrogen functional groups attached to an aromatic ring is 1. The van der Waals surface area contributed by atoms with Crippen LogP contribution in [0.5, 0.6) is 11.8 Å². The average Bonchev–Trinajstić information content (AvgIpc) is 2.33. The van der Waals surface area contributed by atoms with E-state index in [0.717, 1.165) is 5.69 Å². The molecule has 1 aromatic heterocycles. The van der Waals surface area contributed by atoms with E-state index < -0.39 is 0 Å². The van der Waals surface area contributed by atoms with Gasteiger partial charge in [0.2, 0.25) is 0 Å². The van der Waals surface area contributed by atoms with Crippen molar-refractivity contribution in [3.8, 4) is 11.8 Å². The van der Waals surface area contributed by atoms with Crippen molar-refractivity contribution in [1.29, 1.82) is 0 Å². The fourth-order valence-electron chi connectivity index (χ4n) is 1.33. The normalized spacial score (nSPS) is 10.0. The molecule has 17 heavy (non-hydrogen) atoms. The van der Waals surface area contributed by atoms with Gasteiger partial charge in [-0.1, -0.05) is 0 Å². The van der Waals surface area contributed by atoms with Crippen molar-refractivity contribution in [2.75, 3.05) is 24.7 Å². The maximum atomic E-state index is 5.84. The Bertz CT molecular complexity index is 499. The Labute approximate surface area is 99.9 Å². The highest BCUT2D eigenvalue weighted by Crippen LogP contribution is 2.29. The predicted octanol–water partition coefficient (Wildman–Crippen LogP) is 1.92. The summed E-state index contributed by atoms with van der Waals surface area (Å²) in [5, 5.41) is 0. The van der Waals surface area contributed by atoms with Gasteiger partial charge < -0.3 is 15.4 Å². The maximum Gasteiger partial charge on any atom is 0.321 e. The number of hydrogen-bond acceptors (Lipinski definition) is 5. The molecule has 0 radical (unpaired) electrons. The van der Waals surface area contributed by atoms with Gasteiger partial charge in [0, 0.05) is 38.2 Å². The average molecular weight is 230 g/mol. The molecule has 1 aromatic carbocycles. The number of nitrogens with two attached hydrogens (primary N) is 1. The topological polar surface area (TPSA) is 64.3 Å². The molecule has 5 heteroatoms. The van der Waals surface area contributed by atoms with Crippen LogP contribution in [0.1, 0.15) is 0 Å². The van der Waals surface area contributed by atoms with E-state index in [9.17, 15) is 0 Å². The number of benzene rings is 1. The summed E-state index contributed by atoms with van der Waals surface area (Å²) in [6.45, 7) is 0. The van der Waals surface area contributed by atoms with E-state index in [1.807, 2.05) is 31.1 Å². The van der Waals surface area contributed by atoms with Crippen LogP contribution >= 0.6 is 0 Å². The second-order valence-corrected chi connectivity index (χ2v) is 3.75. The molecule has 0 spiro atoms. The quantitative estimate of drug-likeness (QED) is 0.816. The molecular formula is C12H14N4O. The molecule has 2 N–H and O–H groups in total. The number of anilines is 2. The van der Waals surface area contributed by atoms with Crippen LogP contribution in [-0.2, 0) is 0 Å². The lowest BCUT2D eigenvalue weighted by Gasteiger charge is -2.14. The van der Waals surface area contributed by atoms with Crippen LogP contribution in [0.15, 0.2) is 36.7 Å². The minimum Gasteiger partial charge on any atom is -0.422 e. The van der Waals surface area contributed by atoms with Crippen molar-refractivity contribution in [3.63, 3.8) is 0 Å².